The molecule has 1 atom stereocenters. The molecule has 2 rings (SSSR count). The molecule has 1 saturated heterocycles. The first-order valence-electron chi connectivity index (χ1n) is 6.96. The van der Waals surface area contributed by atoms with Gasteiger partial charge in [0.25, 0.3) is 0 Å². The smallest absolute Gasteiger partial charge is 0.133 e. The molecule has 0 aliphatic carbocycles. The number of aromatic nitrogens is 2. The lowest BCUT2D eigenvalue weighted by molar-refractivity contribution is 0.110. The quantitative estimate of drug-likeness (QED) is 0.871. The summed E-state index contributed by atoms with van der Waals surface area (Å²) in [5.74, 6) is 1.90. The molecule has 0 amide bonds. The Hall–Kier alpha value is -1.16. The Bertz CT molecular complexity index is 400. The van der Waals surface area contributed by atoms with Crippen LogP contribution in [0.25, 0.3) is 0 Å². The average molecular weight is 249 g/mol. The summed E-state index contributed by atoms with van der Waals surface area (Å²) < 4.78 is 5.66. The zero-order chi connectivity index (χ0) is 13.0. The van der Waals surface area contributed by atoms with Gasteiger partial charge in [0.15, 0.2) is 0 Å². The van der Waals surface area contributed by atoms with Crippen molar-refractivity contribution in [2.45, 2.75) is 52.6 Å². The van der Waals surface area contributed by atoms with Gasteiger partial charge in [-0.1, -0.05) is 6.92 Å². The SMILES string of the molecule is CCNc1nc(CC2CCCO2)nc(CC)c1C. The Kier molecular flexibility index (Phi) is 4.53. The summed E-state index contributed by atoms with van der Waals surface area (Å²) in [6.45, 7) is 8.10. The highest BCUT2D eigenvalue weighted by Gasteiger charge is 2.18. The molecule has 18 heavy (non-hydrogen) atoms. The van der Waals surface area contributed by atoms with E-state index in [1.807, 2.05) is 0 Å². The van der Waals surface area contributed by atoms with Crippen LogP contribution in [0.4, 0.5) is 5.82 Å². The molecule has 1 N–H and O–H groups in total. The van der Waals surface area contributed by atoms with Gasteiger partial charge in [-0.05, 0) is 33.1 Å². The fourth-order valence-electron chi connectivity index (χ4n) is 2.40. The van der Waals surface area contributed by atoms with Crippen molar-refractivity contribution in [3.05, 3.63) is 17.1 Å². The van der Waals surface area contributed by atoms with Crippen LogP contribution in [0.15, 0.2) is 0 Å². The van der Waals surface area contributed by atoms with Crippen molar-refractivity contribution in [2.24, 2.45) is 0 Å². The summed E-state index contributed by atoms with van der Waals surface area (Å²) in [4.78, 5) is 9.30. The van der Waals surface area contributed by atoms with E-state index in [0.29, 0.717) is 6.10 Å². The minimum absolute atomic E-state index is 0.312. The first kappa shape index (κ1) is 13.3. The Morgan fingerprint density at radius 3 is 2.78 bits per heavy atom. The topological polar surface area (TPSA) is 47.0 Å². The van der Waals surface area contributed by atoms with Gasteiger partial charge in [-0.25, -0.2) is 9.97 Å². The lowest BCUT2D eigenvalue weighted by Crippen LogP contribution is -2.15. The Labute approximate surface area is 109 Å². The van der Waals surface area contributed by atoms with Crippen LogP contribution in [0.1, 0.15) is 43.8 Å². The summed E-state index contributed by atoms with van der Waals surface area (Å²) in [6, 6.07) is 0. The molecule has 4 nitrogen and oxygen atoms in total. The predicted octanol–water partition coefficient (Wildman–Crippen LogP) is 2.50. The van der Waals surface area contributed by atoms with Crippen LogP contribution in [-0.4, -0.2) is 29.2 Å². The van der Waals surface area contributed by atoms with Crippen LogP contribution >= 0.6 is 0 Å². The van der Waals surface area contributed by atoms with Crippen molar-refractivity contribution in [1.82, 2.24) is 9.97 Å². The summed E-state index contributed by atoms with van der Waals surface area (Å²) in [5.41, 5.74) is 2.32. The van der Waals surface area contributed by atoms with Crippen molar-refractivity contribution in [1.29, 1.82) is 0 Å². The van der Waals surface area contributed by atoms with Crippen LogP contribution in [0.5, 0.6) is 0 Å². The standard InChI is InChI=1S/C14H23N3O/c1-4-12-10(3)14(15-5-2)17-13(16-12)9-11-7-6-8-18-11/h11H,4-9H2,1-3H3,(H,15,16,17). The van der Waals surface area contributed by atoms with Crippen molar-refractivity contribution in [2.75, 3.05) is 18.5 Å². The second-order valence-corrected chi connectivity index (χ2v) is 4.78. The van der Waals surface area contributed by atoms with Crippen LogP contribution in [0, 0.1) is 6.92 Å². The number of aryl methyl sites for hydroxylation is 1. The van der Waals surface area contributed by atoms with Gasteiger partial charge < -0.3 is 10.1 Å². The summed E-state index contributed by atoms with van der Waals surface area (Å²) in [7, 11) is 0. The number of hydrogen-bond acceptors (Lipinski definition) is 4. The van der Waals surface area contributed by atoms with Crippen molar-refractivity contribution in [3.63, 3.8) is 0 Å². The minimum Gasteiger partial charge on any atom is -0.378 e. The van der Waals surface area contributed by atoms with Gasteiger partial charge in [-0.2, -0.15) is 0 Å². The molecule has 1 aromatic rings. The molecule has 0 aromatic carbocycles. The third-order valence-corrected chi connectivity index (χ3v) is 3.41. The monoisotopic (exact) mass is 249 g/mol. The maximum atomic E-state index is 5.66. The molecule has 0 saturated carbocycles. The van der Waals surface area contributed by atoms with Crippen LogP contribution in [0.2, 0.25) is 0 Å². The molecule has 1 unspecified atom stereocenters. The molecule has 2 heterocycles. The first-order valence-corrected chi connectivity index (χ1v) is 6.96. The van der Waals surface area contributed by atoms with Crippen molar-refractivity contribution >= 4 is 5.82 Å². The van der Waals surface area contributed by atoms with Gasteiger partial charge in [0.2, 0.25) is 0 Å². The minimum atomic E-state index is 0.312. The van der Waals surface area contributed by atoms with Crippen molar-refractivity contribution in [3.8, 4) is 0 Å². The number of rotatable bonds is 5. The van der Waals surface area contributed by atoms with E-state index < -0.39 is 0 Å². The van der Waals surface area contributed by atoms with Gasteiger partial charge in [0.05, 0.1) is 6.10 Å². The third kappa shape index (κ3) is 2.99. The lowest BCUT2D eigenvalue weighted by atomic mass is 10.1. The molecule has 0 radical (unpaired) electrons. The van der Waals surface area contributed by atoms with E-state index in [2.05, 4.69) is 36.1 Å². The fraction of sp³-hybridized carbons (Fsp3) is 0.714. The number of hydrogen-bond donors (Lipinski definition) is 1. The summed E-state index contributed by atoms with van der Waals surface area (Å²) in [5, 5.41) is 3.32. The lowest BCUT2D eigenvalue weighted by Gasteiger charge is -2.14. The molecule has 1 aliphatic rings. The molecule has 4 heteroatoms. The zero-order valence-electron chi connectivity index (χ0n) is 11.6. The maximum Gasteiger partial charge on any atom is 0.133 e. The third-order valence-electron chi connectivity index (χ3n) is 3.41. The number of ether oxygens (including phenoxy) is 1. The Balaban J connectivity index is 2.20. The molecule has 1 fully saturated rings. The van der Waals surface area contributed by atoms with Gasteiger partial charge in [-0.3, -0.25) is 0 Å². The molecule has 1 aliphatic heterocycles. The van der Waals surface area contributed by atoms with E-state index in [1.165, 1.54) is 5.56 Å². The number of anilines is 1. The van der Waals surface area contributed by atoms with E-state index in [-0.39, 0.29) is 0 Å². The van der Waals surface area contributed by atoms with Gasteiger partial charge >= 0.3 is 0 Å². The van der Waals surface area contributed by atoms with E-state index in [0.717, 1.165) is 56.2 Å². The molecule has 0 spiro atoms. The maximum absolute atomic E-state index is 5.66. The fourth-order valence-corrected chi connectivity index (χ4v) is 2.40. The summed E-state index contributed by atoms with van der Waals surface area (Å²) >= 11 is 0. The van der Waals surface area contributed by atoms with Gasteiger partial charge in [-0.15, -0.1) is 0 Å². The zero-order valence-corrected chi connectivity index (χ0v) is 11.6. The highest BCUT2D eigenvalue weighted by atomic mass is 16.5. The normalized spacial score (nSPS) is 19.2. The molecular weight excluding hydrogens is 226 g/mol. The second-order valence-electron chi connectivity index (χ2n) is 4.78. The molecule has 100 valence electrons. The predicted molar refractivity (Wildman–Crippen MR) is 73.0 cm³/mol. The number of nitrogens with zero attached hydrogens (tertiary/aromatic N) is 2. The largest absolute Gasteiger partial charge is 0.378 e. The van der Waals surface area contributed by atoms with E-state index in [9.17, 15) is 0 Å². The Morgan fingerprint density at radius 1 is 1.33 bits per heavy atom. The second kappa shape index (κ2) is 6.14. The average Bonchev–Trinajstić information content (AvgIpc) is 2.86. The molecule has 1 aromatic heterocycles. The van der Waals surface area contributed by atoms with Crippen LogP contribution in [-0.2, 0) is 17.6 Å². The highest BCUT2D eigenvalue weighted by molar-refractivity contribution is 5.45. The molecular formula is C14H23N3O. The van der Waals surface area contributed by atoms with Crippen LogP contribution < -0.4 is 5.32 Å². The summed E-state index contributed by atoms with van der Waals surface area (Å²) in [6.07, 6.45) is 4.40. The first-order chi connectivity index (χ1) is 8.74. The van der Waals surface area contributed by atoms with E-state index >= 15 is 0 Å². The Morgan fingerprint density at radius 2 is 2.17 bits per heavy atom. The molecule has 0 bridgehead atoms. The van der Waals surface area contributed by atoms with Gasteiger partial charge in [0.1, 0.15) is 11.6 Å². The number of nitrogens with one attached hydrogen (secondary N) is 1. The van der Waals surface area contributed by atoms with E-state index in [4.69, 9.17) is 4.74 Å². The highest BCUT2D eigenvalue weighted by Crippen LogP contribution is 2.20. The van der Waals surface area contributed by atoms with Gasteiger partial charge in [0, 0.05) is 30.8 Å². The van der Waals surface area contributed by atoms with E-state index in [1.54, 1.807) is 0 Å². The van der Waals surface area contributed by atoms with Crippen molar-refractivity contribution < 1.29 is 4.74 Å². The van der Waals surface area contributed by atoms with Crippen LogP contribution in [0.3, 0.4) is 0 Å².